The Morgan fingerprint density at radius 1 is 1.56 bits per heavy atom. The third-order valence-electron chi connectivity index (χ3n) is 2.09. The summed E-state index contributed by atoms with van der Waals surface area (Å²) in [5, 5.41) is 13.0. The van der Waals surface area contributed by atoms with Crippen LogP contribution in [-0.2, 0) is 6.61 Å². The zero-order valence-electron chi connectivity index (χ0n) is 9.38. The van der Waals surface area contributed by atoms with Gasteiger partial charge in [-0.1, -0.05) is 16.8 Å². The molecule has 0 saturated heterocycles. The van der Waals surface area contributed by atoms with Crippen molar-refractivity contribution in [3.05, 3.63) is 40.5 Å². The standard InChI is InChI=1S/C11H9ClN2O4/c1-6-13-10(18-14-6)5-17-9-4-7(12)2-3-8(9)11(15)16/h2-4H,5H2,1H3,(H,15,16). The lowest BCUT2D eigenvalue weighted by atomic mass is 10.2. The van der Waals surface area contributed by atoms with E-state index in [4.69, 9.17) is 26.0 Å². The number of hydrogen-bond donors (Lipinski definition) is 1. The number of rotatable bonds is 4. The lowest BCUT2D eigenvalue weighted by molar-refractivity contribution is 0.0691. The molecule has 0 unspecified atom stereocenters. The zero-order valence-corrected chi connectivity index (χ0v) is 10.1. The highest BCUT2D eigenvalue weighted by Crippen LogP contribution is 2.24. The van der Waals surface area contributed by atoms with Crippen molar-refractivity contribution in [1.29, 1.82) is 0 Å². The van der Waals surface area contributed by atoms with Gasteiger partial charge in [0.1, 0.15) is 11.3 Å². The van der Waals surface area contributed by atoms with Crippen LogP contribution in [0.25, 0.3) is 0 Å². The Bertz CT molecular complexity index is 582. The molecule has 2 rings (SSSR count). The molecule has 0 aliphatic rings. The van der Waals surface area contributed by atoms with E-state index in [1.165, 1.54) is 18.2 Å². The van der Waals surface area contributed by atoms with Crippen molar-refractivity contribution in [2.75, 3.05) is 0 Å². The second-order valence-corrected chi connectivity index (χ2v) is 3.91. The summed E-state index contributed by atoms with van der Waals surface area (Å²) in [5.41, 5.74) is 0.0237. The molecule has 0 spiro atoms. The van der Waals surface area contributed by atoms with Gasteiger partial charge < -0.3 is 14.4 Å². The number of halogens is 1. The summed E-state index contributed by atoms with van der Waals surface area (Å²) < 4.78 is 10.2. The highest BCUT2D eigenvalue weighted by Gasteiger charge is 2.13. The Kier molecular flexibility index (Phi) is 3.47. The number of ether oxygens (including phenoxy) is 1. The molecule has 1 heterocycles. The molecule has 0 bridgehead atoms. The van der Waals surface area contributed by atoms with E-state index in [0.29, 0.717) is 10.8 Å². The van der Waals surface area contributed by atoms with Crippen molar-refractivity contribution in [1.82, 2.24) is 10.1 Å². The van der Waals surface area contributed by atoms with Crippen LogP contribution in [0.3, 0.4) is 0 Å². The minimum absolute atomic E-state index is 0.0124. The number of hydrogen-bond acceptors (Lipinski definition) is 5. The second kappa shape index (κ2) is 5.05. The topological polar surface area (TPSA) is 85.5 Å². The number of aromatic nitrogens is 2. The van der Waals surface area contributed by atoms with Gasteiger partial charge >= 0.3 is 5.97 Å². The average molecular weight is 269 g/mol. The lowest BCUT2D eigenvalue weighted by Crippen LogP contribution is -2.03. The number of aromatic carboxylic acids is 1. The van der Waals surface area contributed by atoms with Crippen LogP contribution in [0.2, 0.25) is 5.02 Å². The van der Waals surface area contributed by atoms with Gasteiger partial charge in [0.15, 0.2) is 12.4 Å². The van der Waals surface area contributed by atoms with Crippen LogP contribution in [0, 0.1) is 6.92 Å². The number of carboxylic acid groups (broad SMARTS) is 1. The predicted molar refractivity (Wildman–Crippen MR) is 61.8 cm³/mol. The first-order chi connectivity index (χ1) is 8.56. The Morgan fingerprint density at radius 2 is 2.33 bits per heavy atom. The van der Waals surface area contributed by atoms with Gasteiger partial charge in [-0.15, -0.1) is 0 Å². The summed E-state index contributed by atoms with van der Waals surface area (Å²) in [6.45, 7) is 1.66. The fourth-order valence-corrected chi connectivity index (χ4v) is 1.49. The maximum absolute atomic E-state index is 11.0. The normalized spacial score (nSPS) is 10.3. The molecule has 0 saturated carbocycles. The highest BCUT2D eigenvalue weighted by molar-refractivity contribution is 6.30. The number of nitrogens with zero attached hydrogens (tertiary/aromatic N) is 2. The first-order valence-electron chi connectivity index (χ1n) is 5.01. The van der Waals surface area contributed by atoms with Crippen molar-refractivity contribution >= 4 is 17.6 Å². The molecule has 0 aliphatic carbocycles. The first-order valence-corrected chi connectivity index (χ1v) is 5.39. The van der Waals surface area contributed by atoms with Crippen LogP contribution < -0.4 is 4.74 Å². The van der Waals surface area contributed by atoms with E-state index in [1.807, 2.05) is 0 Å². The van der Waals surface area contributed by atoms with E-state index in [-0.39, 0.29) is 23.8 Å². The number of carbonyl (C=O) groups is 1. The third-order valence-corrected chi connectivity index (χ3v) is 2.33. The highest BCUT2D eigenvalue weighted by atomic mass is 35.5. The fraction of sp³-hybridized carbons (Fsp3) is 0.182. The minimum atomic E-state index is -1.09. The predicted octanol–water partition coefficient (Wildman–Crippen LogP) is 2.31. The van der Waals surface area contributed by atoms with Gasteiger partial charge in [0, 0.05) is 5.02 Å². The van der Waals surface area contributed by atoms with Crippen LogP contribution in [0.4, 0.5) is 0 Å². The average Bonchev–Trinajstić information content (AvgIpc) is 2.72. The molecule has 18 heavy (non-hydrogen) atoms. The molecular weight excluding hydrogens is 260 g/mol. The second-order valence-electron chi connectivity index (χ2n) is 3.47. The minimum Gasteiger partial charge on any atom is -0.483 e. The monoisotopic (exact) mass is 268 g/mol. The Hall–Kier alpha value is -2.08. The summed E-state index contributed by atoms with van der Waals surface area (Å²) in [4.78, 5) is 14.9. The maximum atomic E-state index is 11.0. The Morgan fingerprint density at radius 3 is 2.94 bits per heavy atom. The van der Waals surface area contributed by atoms with E-state index in [1.54, 1.807) is 6.92 Å². The van der Waals surface area contributed by atoms with Crippen LogP contribution in [0.15, 0.2) is 22.7 Å². The summed E-state index contributed by atoms with van der Waals surface area (Å²) in [5.74, 6) is -0.184. The molecule has 1 aromatic heterocycles. The van der Waals surface area contributed by atoms with Crippen molar-refractivity contribution in [3.8, 4) is 5.75 Å². The molecule has 6 nitrogen and oxygen atoms in total. The molecule has 1 aromatic carbocycles. The molecule has 94 valence electrons. The SMILES string of the molecule is Cc1noc(COc2cc(Cl)ccc2C(=O)O)n1. The molecule has 7 heteroatoms. The largest absolute Gasteiger partial charge is 0.483 e. The Labute approximate surface area is 107 Å². The van der Waals surface area contributed by atoms with E-state index < -0.39 is 5.97 Å². The van der Waals surface area contributed by atoms with E-state index >= 15 is 0 Å². The first kappa shape index (κ1) is 12.4. The smallest absolute Gasteiger partial charge is 0.339 e. The van der Waals surface area contributed by atoms with E-state index in [9.17, 15) is 4.79 Å². The lowest BCUT2D eigenvalue weighted by Gasteiger charge is -2.07. The van der Waals surface area contributed by atoms with Gasteiger partial charge in [0.05, 0.1) is 0 Å². The van der Waals surface area contributed by atoms with Gasteiger partial charge in [0.2, 0.25) is 0 Å². The van der Waals surface area contributed by atoms with Crippen molar-refractivity contribution in [2.45, 2.75) is 13.5 Å². The van der Waals surface area contributed by atoms with Gasteiger partial charge in [0.25, 0.3) is 5.89 Å². The molecule has 0 atom stereocenters. The zero-order chi connectivity index (χ0) is 13.1. The van der Waals surface area contributed by atoms with Crippen molar-refractivity contribution < 1.29 is 19.2 Å². The van der Waals surface area contributed by atoms with Gasteiger partial charge in [-0.25, -0.2) is 4.79 Å². The molecule has 0 radical (unpaired) electrons. The number of benzene rings is 1. The molecule has 1 N–H and O–H groups in total. The summed E-state index contributed by atoms with van der Waals surface area (Å²) in [6.07, 6.45) is 0. The van der Waals surface area contributed by atoms with Crippen LogP contribution in [0.5, 0.6) is 5.75 Å². The summed E-state index contributed by atoms with van der Waals surface area (Å²) in [6, 6.07) is 4.28. The summed E-state index contributed by atoms with van der Waals surface area (Å²) >= 11 is 5.78. The Balaban J connectivity index is 2.17. The van der Waals surface area contributed by atoms with Crippen LogP contribution >= 0.6 is 11.6 Å². The number of aryl methyl sites for hydroxylation is 1. The maximum Gasteiger partial charge on any atom is 0.339 e. The molecule has 0 aliphatic heterocycles. The van der Waals surface area contributed by atoms with E-state index in [0.717, 1.165) is 0 Å². The van der Waals surface area contributed by atoms with E-state index in [2.05, 4.69) is 10.1 Å². The summed E-state index contributed by atoms with van der Waals surface area (Å²) in [7, 11) is 0. The van der Waals surface area contributed by atoms with Crippen LogP contribution in [-0.4, -0.2) is 21.2 Å². The quantitative estimate of drug-likeness (QED) is 0.916. The van der Waals surface area contributed by atoms with Crippen molar-refractivity contribution in [3.63, 3.8) is 0 Å². The van der Waals surface area contributed by atoms with Gasteiger partial charge in [-0.3, -0.25) is 0 Å². The fourth-order valence-electron chi connectivity index (χ4n) is 1.33. The molecule has 0 fully saturated rings. The van der Waals surface area contributed by atoms with Gasteiger partial charge in [-0.05, 0) is 25.1 Å². The molecule has 0 amide bonds. The van der Waals surface area contributed by atoms with Crippen molar-refractivity contribution in [2.24, 2.45) is 0 Å². The van der Waals surface area contributed by atoms with Crippen LogP contribution in [0.1, 0.15) is 22.1 Å². The van der Waals surface area contributed by atoms with Gasteiger partial charge in [-0.2, -0.15) is 4.98 Å². The number of carboxylic acids is 1. The third kappa shape index (κ3) is 2.78. The molecule has 2 aromatic rings. The molecular formula is C11H9ClN2O4.